The molecule has 0 atom stereocenters. The maximum absolute atomic E-state index is 13.3. The van der Waals surface area contributed by atoms with Crippen molar-refractivity contribution in [1.29, 1.82) is 0 Å². The van der Waals surface area contributed by atoms with E-state index in [1.807, 2.05) is 0 Å². The van der Waals surface area contributed by atoms with Gasteiger partial charge in [-0.25, -0.2) is 14.3 Å². The number of aromatic amines is 1. The lowest BCUT2D eigenvalue weighted by atomic mass is 10.1. The van der Waals surface area contributed by atoms with E-state index in [0.29, 0.717) is 0 Å². The van der Waals surface area contributed by atoms with Crippen LogP contribution in [0.4, 0.5) is 5.69 Å². The molecular formula is C27H22N4O12S2. The molecule has 2 heterocycles. The van der Waals surface area contributed by atoms with Gasteiger partial charge in [-0.15, -0.1) is 0 Å². The minimum Gasteiger partial charge on any atom is -0.461 e. The number of benzene rings is 2. The number of H-pyrrole nitrogens is 1. The van der Waals surface area contributed by atoms with E-state index in [-0.39, 0.29) is 34.8 Å². The summed E-state index contributed by atoms with van der Waals surface area (Å²) in [5.41, 5.74) is -1.98. The van der Waals surface area contributed by atoms with E-state index < -0.39 is 59.1 Å². The summed E-state index contributed by atoms with van der Waals surface area (Å²) in [4.78, 5) is 50.9. The van der Waals surface area contributed by atoms with Crippen LogP contribution in [0.3, 0.4) is 0 Å². The average molecular weight is 659 g/mol. The van der Waals surface area contributed by atoms with Gasteiger partial charge in [-0.2, -0.15) is 26.9 Å². The fourth-order valence-electron chi connectivity index (χ4n) is 3.93. The average Bonchev–Trinajstić information content (AvgIpc) is 3.49. The molecule has 0 bridgehead atoms. The predicted molar refractivity (Wildman–Crippen MR) is 157 cm³/mol. The van der Waals surface area contributed by atoms with Crippen LogP contribution in [0.5, 0.6) is 0 Å². The first-order chi connectivity index (χ1) is 21.2. The van der Waals surface area contributed by atoms with E-state index in [2.05, 4.69) is 16.8 Å². The van der Waals surface area contributed by atoms with E-state index >= 15 is 0 Å². The van der Waals surface area contributed by atoms with Gasteiger partial charge in [-0.3, -0.25) is 23.8 Å². The number of carbonyl (C=O) groups is 3. The Bertz CT molecular complexity index is 2070. The summed E-state index contributed by atoms with van der Waals surface area (Å²) in [6.45, 7) is 4.79. The number of carbonyl (C=O) groups excluding carboxylic acids is 3. The maximum Gasteiger partial charge on any atom is 0.364 e. The summed E-state index contributed by atoms with van der Waals surface area (Å²) in [6, 6.07) is 8.84. The Morgan fingerprint density at radius 1 is 0.933 bits per heavy atom. The number of amides is 1. The maximum atomic E-state index is 13.3. The highest BCUT2D eigenvalue weighted by Gasteiger charge is 2.36. The minimum atomic E-state index is -4.52. The Labute approximate surface area is 254 Å². The molecule has 45 heavy (non-hydrogen) atoms. The quantitative estimate of drug-likeness (QED) is 0.123. The molecule has 3 aromatic rings. The summed E-state index contributed by atoms with van der Waals surface area (Å²) in [7, 11) is -9.03. The summed E-state index contributed by atoms with van der Waals surface area (Å²) < 4.78 is 74.6. The second kappa shape index (κ2) is 12.7. The number of nitrogens with zero attached hydrogens (tertiary/aromatic N) is 3. The third kappa shape index (κ3) is 6.88. The first-order valence-electron chi connectivity index (χ1n) is 12.5. The Balaban J connectivity index is 1.75. The van der Waals surface area contributed by atoms with Crippen LogP contribution < -0.4 is 10.6 Å². The molecule has 0 fully saturated rings. The zero-order valence-corrected chi connectivity index (χ0v) is 24.6. The van der Waals surface area contributed by atoms with Crippen molar-refractivity contribution in [3.63, 3.8) is 0 Å². The highest BCUT2D eigenvalue weighted by Crippen LogP contribution is 2.26. The highest BCUT2D eigenvalue weighted by molar-refractivity contribution is 7.86. The zero-order valence-electron chi connectivity index (χ0n) is 23.0. The SMILES string of the molecule is C=COC(=O)C1=NN(c2ccc(S(=O)(=O)O)cc2)C(=O)/C1=C\C=Cc1c(C(=O)OCC)[nH]n(-c2ccc(S(=O)(=O)O)cc2)c1=O. The molecule has 0 aliphatic carbocycles. The number of anilines is 1. The van der Waals surface area contributed by atoms with Gasteiger partial charge in [0.25, 0.3) is 31.7 Å². The van der Waals surface area contributed by atoms with E-state index in [0.717, 1.165) is 64.5 Å². The number of rotatable bonds is 10. The predicted octanol–water partition coefficient (Wildman–Crippen LogP) is 1.86. The van der Waals surface area contributed by atoms with Gasteiger partial charge in [0, 0.05) is 0 Å². The normalized spacial score (nSPS) is 14.6. The molecule has 0 radical (unpaired) electrons. The largest absolute Gasteiger partial charge is 0.461 e. The van der Waals surface area contributed by atoms with Crippen LogP contribution in [0.25, 0.3) is 11.8 Å². The summed E-state index contributed by atoms with van der Waals surface area (Å²) in [5.74, 6) is -2.84. The molecule has 1 amide bonds. The van der Waals surface area contributed by atoms with Crippen LogP contribution >= 0.6 is 0 Å². The summed E-state index contributed by atoms with van der Waals surface area (Å²) in [6.07, 6.45) is 4.25. The van der Waals surface area contributed by atoms with Gasteiger partial charge in [-0.1, -0.05) is 12.7 Å². The molecular weight excluding hydrogens is 636 g/mol. The van der Waals surface area contributed by atoms with Gasteiger partial charge in [0.05, 0.1) is 45.2 Å². The molecule has 234 valence electrons. The zero-order chi connectivity index (χ0) is 33.1. The van der Waals surface area contributed by atoms with Gasteiger partial charge in [0.15, 0.2) is 11.4 Å². The van der Waals surface area contributed by atoms with Crippen molar-refractivity contribution in [2.24, 2.45) is 5.10 Å². The molecule has 1 aromatic heterocycles. The van der Waals surface area contributed by atoms with Gasteiger partial charge >= 0.3 is 11.9 Å². The number of hydrogen-bond donors (Lipinski definition) is 3. The number of nitrogens with one attached hydrogen (secondary N) is 1. The summed E-state index contributed by atoms with van der Waals surface area (Å²) in [5, 5.41) is 7.33. The Hall–Kier alpha value is -5.43. The number of ether oxygens (including phenoxy) is 2. The highest BCUT2D eigenvalue weighted by atomic mass is 32.2. The molecule has 0 saturated heterocycles. The number of aromatic nitrogens is 2. The lowest BCUT2D eigenvalue weighted by Crippen LogP contribution is -2.22. The van der Waals surface area contributed by atoms with Crippen LogP contribution in [0.15, 0.2) is 98.8 Å². The van der Waals surface area contributed by atoms with Crippen molar-refractivity contribution in [2.75, 3.05) is 11.6 Å². The van der Waals surface area contributed by atoms with E-state index in [4.69, 9.17) is 9.47 Å². The molecule has 18 heteroatoms. The fraction of sp³-hybridized carbons (Fsp3) is 0.0741. The molecule has 4 rings (SSSR count). The summed E-state index contributed by atoms with van der Waals surface area (Å²) >= 11 is 0. The third-order valence-electron chi connectivity index (χ3n) is 5.97. The molecule has 0 saturated carbocycles. The topological polar surface area (TPSA) is 232 Å². The van der Waals surface area contributed by atoms with Crippen molar-refractivity contribution in [3.8, 4) is 5.69 Å². The van der Waals surface area contributed by atoms with E-state index in [9.17, 15) is 45.1 Å². The van der Waals surface area contributed by atoms with Crippen molar-refractivity contribution < 1.29 is 49.8 Å². The smallest absolute Gasteiger partial charge is 0.364 e. The number of hydrazone groups is 1. The van der Waals surface area contributed by atoms with Crippen LogP contribution in [-0.4, -0.2) is 65.9 Å². The lowest BCUT2D eigenvalue weighted by Gasteiger charge is -2.11. The van der Waals surface area contributed by atoms with Gasteiger partial charge < -0.3 is 9.47 Å². The van der Waals surface area contributed by atoms with Gasteiger partial charge in [-0.05, 0) is 67.6 Å². The second-order valence-electron chi connectivity index (χ2n) is 8.78. The molecule has 3 N–H and O–H groups in total. The second-order valence-corrected chi connectivity index (χ2v) is 11.6. The Morgan fingerprint density at radius 3 is 2.00 bits per heavy atom. The first kappa shape index (κ1) is 32.5. The fourth-order valence-corrected chi connectivity index (χ4v) is 4.89. The lowest BCUT2D eigenvalue weighted by molar-refractivity contribution is -0.130. The third-order valence-corrected chi connectivity index (χ3v) is 7.70. The first-order valence-corrected chi connectivity index (χ1v) is 15.4. The minimum absolute atomic E-state index is 0.0295. The number of esters is 2. The van der Waals surface area contributed by atoms with Gasteiger partial charge in [0.2, 0.25) is 0 Å². The Morgan fingerprint density at radius 2 is 1.49 bits per heavy atom. The van der Waals surface area contributed by atoms with Crippen molar-refractivity contribution in [3.05, 3.63) is 101 Å². The van der Waals surface area contributed by atoms with E-state index in [1.54, 1.807) is 0 Å². The van der Waals surface area contributed by atoms with Crippen LogP contribution in [0, 0.1) is 0 Å². The van der Waals surface area contributed by atoms with E-state index in [1.165, 1.54) is 25.1 Å². The van der Waals surface area contributed by atoms with Crippen molar-refractivity contribution >= 4 is 55.6 Å². The standard InChI is InChI=1S/C27H22N4O12S2/c1-3-42-26(34)22-20(24(32)30(28-22)16-8-12-18(13-9-16)44(36,37)38)6-5-7-21-23(27(35)43-4-2)29-31(25(21)33)17-10-14-19(15-11-17)45(39,40)41/h3,5-15,29H,1,4H2,2H3,(H,36,37,38)(H,39,40,41)/b7-5?,20-6-. The van der Waals surface area contributed by atoms with Crippen molar-refractivity contribution in [1.82, 2.24) is 9.78 Å². The Kier molecular flexibility index (Phi) is 9.14. The molecule has 1 aliphatic rings. The molecule has 0 unspecified atom stereocenters. The monoisotopic (exact) mass is 658 g/mol. The molecule has 1 aliphatic heterocycles. The molecule has 2 aromatic carbocycles. The molecule has 0 spiro atoms. The van der Waals surface area contributed by atoms with Crippen LogP contribution in [-0.2, 0) is 39.3 Å². The molecule has 16 nitrogen and oxygen atoms in total. The number of allylic oxidation sites excluding steroid dienone is 2. The van der Waals surface area contributed by atoms with Gasteiger partial charge in [0.1, 0.15) is 0 Å². The van der Waals surface area contributed by atoms with Crippen LogP contribution in [0.1, 0.15) is 23.0 Å². The van der Waals surface area contributed by atoms with Crippen molar-refractivity contribution in [2.45, 2.75) is 16.7 Å². The number of hydrogen-bond acceptors (Lipinski definition) is 11. The van der Waals surface area contributed by atoms with Crippen LogP contribution in [0.2, 0.25) is 0 Å².